The summed E-state index contributed by atoms with van der Waals surface area (Å²) in [5, 5.41) is 3.57. The van der Waals surface area contributed by atoms with Crippen LogP contribution in [0.25, 0.3) is 0 Å². The maximum atomic E-state index is 4.49. The van der Waals surface area contributed by atoms with Gasteiger partial charge in [-0.1, -0.05) is 31.2 Å². The highest BCUT2D eigenvalue weighted by Gasteiger charge is 2.11. The average Bonchev–Trinajstić information content (AvgIpc) is 2.92. The zero-order chi connectivity index (χ0) is 14.4. The molecular weight excluding hydrogens is 246 g/mol. The summed E-state index contributed by atoms with van der Waals surface area (Å²) in [4.78, 5) is 4.49. The second-order valence-corrected chi connectivity index (χ2v) is 5.18. The van der Waals surface area contributed by atoms with Gasteiger partial charge in [0.25, 0.3) is 0 Å². The third-order valence-corrected chi connectivity index (χ3v) is 3.71. The maximum absolute atomic E-state index is 4.49. The summed E-state index contributed by atoms with van der Waals surface area (Å²) in [5.41, 5.74) is 2.75. The molecule has 20 heavy (non-hydrogen) atoms. The number of imidazole rings is 1. The van der Waals surface area contributed by atoms with Crippen molar-refractivity contribution in [2.75, 3.05) is 6.54 Å². The van der Waals surface area contributed by atoms with E-state index in [1.807, 2.05) is 6.20 Å². The van der Waals surface area contributed by atoms with Crippen molar-refractivity contribution in [2.24, 2.45) is 0 Å². The predicted octanol–water partition coefficient (Wildman–Crippen LogP) is 3.55. The molecule has 0 saturated heterocycles. The van der Waals surface area contributed by atoms with E-state index in [-0.39, 0.29) is 0 Å². The Hall–Kier alpha value is -1.61. The van der Waals surface area contributed by atoms with Crippen LogP contribution in [0.4, 0.5) is 0 Å². The quantitative estimate of drug-likeness (QED) is 0.834. The summed E-state index contributed by atoms with van der Waals surface area (Å²) in [7, 11) is 0. The molecule has 1 atom stereocenters. The van der Waals surface area contributed by atoms with Crippen LogP contribution in [0, 0.1) is 0 Å². The molecule has 3 heteroatoms. The second kappa shape index (κ2) is 7.25. The van der Waals surface area contributed by atoms with Gasteiger partial charge in [0.15, 0.2) is 0 Å². The molecule has 1 heterocycles. The van der Waals surface area contributed by atoms with Gasteiger partial charge in [-0.2, -0.15) is 0 Å². The normalized spacial score (nSPS) is 12.6. The van der Waals surface area contributed by atoms with Gasteiger partial charge in [-0.3, -0.25) is 0 Å². The van der Waals surface area contributed by atoms with Gasteiger partial charge in [0.05, 0.1) is 0 Å². The first-order valence-electron chi connectivity index (χ1n) is 7.57. The van der Waals surface area contributed by atoms with Crippen molar-refractivity contribution in [1.82, 2.24) is 14.9 Å². The molecule has 1 N–H and O–H groups in total. The fourth-order valence-electron chi connectivity index (χ4n) is 2.55. The average molecular weight is 271 g/mol. The van der Waals surface area contributed by atoms with Crippen molar-refractivity contribution in [1.29, 1.82) is 0 Å². The number of benzene rings is 1. The van der Waals surface area contributed by atoms with E-state index in [0.29, 0.717) is 6.04 Å². The third kappa shape index (κ3) is 3.48. The third-order valence-electron chi connectivity index (χ3n) is 3.71. The largest absolute Gasteiger partial charge is 0.335 e. The lowest BCUT2D eigenvalue weighted by Gasteiger charge is -2.18. The maximum Gasteiger partial charge on any atom is 0.113 e. The Kier molecular flexibility index (Phi) is 5.36. The number of hydrogen-bond acceptors (Lipinski definition) is 2. The van der Waals surface area contributed by atoms with Crippen LogP contribution in [0.3, 0.4) is 0 Å². The summed E-state index contributed by atoms with van der Waals surface area (Å²) >= 11 is 0. The van der Waals surface area contributed by atoms with Crippen molar-refractivity contribution in [3.63, 3.8) is 0 Å². The van der Waals surface area contributed by atoms with Gasteiger partial charge < -0.3 is 9.88 Å². The van der Waals surface area contributed by atoms with Crippen molar-refractivity contribution in [3.05, 3.63) is 53.6 Å². The van der Waals surface area contributed by atoms with Crippen LogP contribution in [0.2, 0.25) is 0 Å². The topological polar surface area (TPSA) is 29.9 Å². The van der Waals surface area contributed by atoms with Gasteiger partial charge in [0, 0.05) is 31.4 Å². The lowest BCUT2D eigenvalue weighted by Crippen LogP contribution is -2.20. The molecule has 0 saturated carbocycles. The Bertz CT molecular complexity index is 531. The molecule has 0 aliphatic carbocycles. The van der Waals surface area contributed by atoms with Gasteiger partial charge in [0.2, 0.25) is 0 Å². The standard InChI is InChI=1S/C17H25N3/c1-4-10-18-14(3)16-9-7-6-8-15(16)13-17-19-11-12-20(17)5-2/h6-9,11-12,14,18H,4-5,10,13H2,1-3H3. The minimum atomic E-state index is 0.385. The van der Waals surface area contributed by atoms with E-state index >= 15 is 0 Å². The van der Waals surface area contributed by atoms with E-state index in [4.69, 9.17) is 0 Å². The minimum Gasteiger partial charge on any atom is -0.335 e. The molecule has 0 aliphatic heterocycles. The van der Waals surface area contributed by atoms with E-state index < -0.39 is 0 Å². The zero-order valence-corrected chi connectivity index (χ0v) is 12.8. The SMILES string of the molecule is CCCNC(C)c1ccccc1Cc1nccn1CC. The van der Waals surface area contributed by atoms with Crippen LogP contribution in [0.15, 0.2) is 36.7 Å². The molecular formula is C17H25N3. The van der Waals surface area contributed by atoms with E-state index in [1.165, 1.54) is 11.1 Å². The van der Waals surface area contributed by atoms with Gasteiger partial charge in [-0.15, -0.1) is 0 Å². The summed E-state index contributed by atoms with van der Waals surface area (Å²) in [6.45, 7) is 8.62. The molecule has 0 aliphatic rings. The van der Waals surface area contributed by atoms with Crippen molar-refractivity contribution in [3.8, 4) is 0 Å². The molecule has 1 aromatic carbocycles. The molecule has 1 unspecified atom stereocenters. The van der Waals surface area contributed by atoms with Gasteiger partial charge in [-0.25, -0.2) is 4.98 Å². The highest BCUT2D eigenvalue weighted by atomic mass is 15.0. The van der Waals surface area contributed by atoms with Crippen LogP contribution in [-0.2, 0) is 13.0 Å². The summed E-state index contributed by atoms with van der Waals surface area (Å²) in [6.07, 6.45) is 6.00. The molecule has 108 valence electrons. The monoisotopic (exact) mass is 271 g/mol. The minimum absolute atomic E-state index is 0.385. The molecule has 0 spiro atoms. The van der Waals surface area contributed by atoms with E-state index in [9.17, 15) is 0 Å². The lowest BCUT2D eigenvalue weighted by atomic mass is 9.98. The Labute approximate surface area is 122 Å². The van der Waals surface area contributed by atoms with Gasteiger partial charge >= 0.3 is 0 Å². The molecule has 2 aromatic rings. The van der Waals surface area contributed by atoms with Gasteiger partial charge in [0.1, 0.15) is 5.82 Å². The van der Waals surface area contributed by atoms with Crippen molar-refractivity contribution >= 4 is 0 Å². The fraction of sp³-hybridized carbons (Fsp3) is 0.471. The number of nitrogens with zero attached hydrogens (tertiary/aromatic N) is 2. The summed E-state index contributed by atoms with van der Waals surface area (Å²) < 4.78 is 2.21. The second-order valence-electron chi connectivity index (χ2n) is 5.18. The van der Waals surface area contributed by atoms with Crippen molar-refractivity contribution in [2.45, 2.75) is 46.2 Å². The van der Waals surface area contributed by atoms with Crippen LogP contribution in [-0.4, -0.2) is 16.1 Å². The molecule has 0 fully saturated rings. The van der Waals surface area contributed by atoms with Crippen LogP contribution in [0.5, 0.6) is 0 Å². The van der Waals surface area contributed by atoms with Crippen LogP contribution in [0.1, 0.15) is 50.2 Å². The Balaban J connectivity index is 2.19. The van der Waals surface area contributed by atoms with E-state index in [0.717, 1.165) is 31.8 Å². The van der Waals surface area contributed by atoms with Crippen molar-refractivity contribution < 1.29 is 0 Å². The Morgan fingerprint density at radius 3 is 2.80 bits per heavy atom. The summed E-state index contributed by atoms with van der Waals surface area (Å²) in [6, 6.07) is 9.06. The Morgan fingerprint density at radius 1 is 1.25 bits per heavy atom. The molecule has 0 radical (unpaired) electrons. The molecule has 3 nitrogen and oxygen atoms in total. The summed E-state index contributed by atoms with van der Waals surface area (Å²) in [5.74, 6) is 1.14. The van der Waals surface area contributed by atoms with Crippen LogP contribution >= 0.6 is 0 Å². The zero-order valence-electron chi connectivity index (χ0n) is 12.8. The number of rotatable bonds is 7. The molecule has 2 rings (SSSR count). The number of aryl methyl sites for hydroxylation is 1. The first-order chi connectivity index (χ1) is 9.76. The number of nitrogens with one attached hydrogen (secondary N) is 1. The highest BCUT2D eigenvalue weighted by Crippen LogP contribution is 2.20. The predicted molar refractivity (Wildman–Crippen MR) is 83.9 cm³/mol. The molecule has 0 amide bonds. The molecule has 0 bridgehead atoms. The lowest BCUT2D eigenvalue weighted by molar-refractivity contribution is 0.566. The van der Waals surface area contributed by atoms with Crippen LogP contribution < -0.4 is 5.32 Å². The first kappa shape index (κ1) is 14.8. The fourth-order valence-corrected chi connectivity index (χ4v) is 2.55. The van der Waals surface area contributed by atoms with E-state index in [2.05, 4.69) is 66.1 Å². The van der Waals surface area contributed by atoms with E-state index in [1.54, 1.807) is 0 Å². The highest BCUT2D eigenvalue weighted by molar-refractivity contribution is 5.32. The first-order valence-corrected chi connectivity index (χ1v) is 7.57. The molecule has 1 aromatic heterocycles. The smallest absolute Gasteiger partial charge is 0.113 e. The number of aromatic nitrogens is 2. The van der Waals surface area contributed by atoms with Gasteiger partial charge in [-0.05, 0) is 37.9 Å². The Morgan fingerprint density at radius 2 is 2.05 bits per heavy atom. The number of hydrogen-bond donors (Lipinski definition) is 1.